The number of urea groups is 1. The number of alkyl carbamates (subject to hydrolysis) is 1. The largest absolute Gasteiger partial charge is 0.445 e. The van der Waals surface area contributed by atoms with Crippen LogP contribution >= 0.6 is 0 Å². The maximum atomic E-state index is 12.9. The number of hydrogen-bond donors (Lipinski definition) is 3. The predicted octanol–water partition coefficient (Wildman–Crippen LogP) is 2.97. The fourth-order valence-electron chi connectivity index (χ4n) is 3.31. The zero-order chi connectivity index (χ0) is 24.4. The molecule has 8 nitrogen and oxygen atoms in total. The van der Waals surface area contributed by atoms with Crippen LogP contribution < -0.4 is 10.6 Å². The van der Waals surface area contributed by atoms with Gasteiger partial charge in [0.05, 0.1) is 12.1 Å². The number of nitrogens with one attached hydrogen (secondary N) is 2. The number of rotatable bonds is 9. The number of benzene rings is 2. The Bertz CT molecular complexity index is 961. The molecule has 2 rings (SSSR count). The molecule has 3 amide bonds. The van der Waals surface area contributed by atoms with Crippen molar-refractivity contribution >= 4 is 24.0 Å². The maximum absolute atomic E-state index is 12.9. The van der Waals surface area contributed by atoms with Crippen molar-refractivity contribution in [3.63, 3.8) is 0 Å². The summed E-state index contributed by atoms with van der Waals surface area (Å²) < 4.78 is 5.32. The van der Waals surface area contributed by atoms with Gasteiger partial charge in [0, 0.05) is 14.1 Å². The van der Waals surface area contributed by atoms with Crippen LogP contribution in [0.4, 0.5) is 9.59 Å². The zero-order valence-corrected chi connectivity index (χ0v) is 19.3. The second-order valence-corrected chi connectivity index (χ2v) is 7.88. The molecule has 3 atom stereocenters. The Balaban J connectivity index is 2.38. The summed E-state index contributed by atoms with van der Waals surface area (Å²) in [7, 11) is 3.03. The molecule has 2 aromatic carbocycles. The minimum Gasteiger partial charge on any atom is -0.445 e. The number of carbonyl (C=O) groups is 3. The van der Waals surface area contributed by atoms with Gasteiger partial charge in [0.25, 0.3) is 0 Å². The Morgan fingerprint density at radius 3 is 2.15 bits per heavy atom. The van der Waals surface area contributed by atoms with Gasteiger partial charge >= 0.3 is 12.1 Å². The first-order valence-corrected chi connectivity index (χ1v) is 10.6. The van der Waals surface area contributed by atoms with Gasteiger partial charge in [0.1, 0.15) is 12.1 Å². The molecule has 0 spiro atoms. The average molecular weight is 454 g/mol. The summed E-state index contributed by atoms with van der Waals surface area (Å²) in [5.74, 6) is -0.529. The molecule has 0 saturated carbocycles. The topological polar surface area (TPSA) is 108 Å². The number of amides is 3. The first-order valence-electron chi connectivity index (χ1n) is 10.6. The van der Waals surface area contributed by atoms with Crippen LogP contribution in [-0.4, -0.2) is 59.7 Å². The lowest BCUT2D eigenvalue weighted by atomic mass is 9.80. The van der Waals surface area contributed by atoms with Crippen LogP contribution in [0.15, 0.2) is 66.7 Å². The molecule has 0 radical (unpaired) electrons. The number of aliphatic hydroxyl groups is 1. The van der Waals surface area contributed by atoms with Crippen LogP contribution in [0, 0.1) is 0 Å². The molecule has 0 aliphatic heterocycles. The second-order valence-electron chi connectivity index (χ2n) is 7.88. The summed E-state index contributed by atoms with van der Waals surface area (Å²) in [5.41, 5.74) is -0.236. The molecule has 2 aromatic rings. The Morgan fingerprint density at radius 2 is 1.64 bits per heavy atom. The van der Waals surface area contributed by atoms with E-state index < -0.39 is 35.6 Å². The van der Waals surface area contributed by atoms with E-state index in [0.29, 0.717) is 0 Å². The van der Waals surface area contributed by atoms with Gasteiger partial charge in [-0.2, -0.15) is 0 Å². The van der Waals surface area contributed by atoms with Crippen molar-refractivity contribution in [2.45, 2.75) is 38.1 Å². The zero-order valence-electron chi connectivity index (χ0n) is 19.3. The van der Waals surface area contributed by atoms with Crippen molar-refractivity contribution in [1.29, 1.82) is 0 Å². The van der Waals surface area contributed by atoms with Crippen LogP contribution in [0.5, 0.6) is 0 Å². The quantitative estimate of drug-likeness (QED) is 0.541. The minimum atomic E-state index is -1.83. The first kappa shape index (κ1) is 25.6. The Labute approximate surface area is 194 Å². The fraction of sp³-hybridized carbons (Fsp3) is 0.320. The van der Waals surface area contributed by atoms with E-state index >= 15 is 0 Å². The Kier molecular flexibility index (Phi) is 9.18. The van der Waals surface area contributed by atoms with E-state index in [2.05, 4.69) is 10.6 Å². The van der Waals surface area contributed by atoms with Crippen LogP contribution in [0.3, 0.4) is 0 Å². The lowest BCUT2D eigenvalue weighted by Gasteiger charge is -2.41. The lowest BCUT2D eigenvalue weighted by molar-refractivity contribution is -0.128. The van der Waals surface area contributed by atoms with Crippen molar-refractivity contribution in [2.24, 2.45) is 0 Å². The second kappa shape index (κ2) is 11.8. The van der Waals surface area contributed by atoms with E-state index in [-0.39, 0.29) is 6.61 Å². The fourth-order valence-corrected chi connectivity index (χ4v) is 3.31. The summed E-state index contributed by atoms with van der Waals surface area (Å²) in [6.07, 6.45) is 1.12. The van der Waals surface area contributed by atoms with Crippen molar-refractivity contribution in [3.05, 3.63) is 77.9 Å². The lowest BCUT2D eigenvalue weighted by Crippen LogP contribution is -2.71. The van der Waals surface area contributed by atoms with Crippen molar-refractivity contribution in [2.75, 3.05) is 14.1 Å². The normalized spacial score (nSPS) is 14.6. The van der Waals surface area contributed by atoms with Gasteiger partial charge in [-0.1, -0.05) is 72.8 Å². The summed E-state index contributed by atoms with van der Waals surface area (Å²) >= 11 is 0. The molecular formula is C25H31N3O5. The Morgan fingerprint density at radius 1 is 1.06 bits per heavy atom. The number of hydrogen-bond acceptors (Lipinski definition) is 5. The molecule has 0 unspecified atom stereocenters. The number of ketones is 1. The first-order chi connectivity index (χ1) is 15.7. The van der Waals surface area contributed by atoms with Gasteiger partial charge in [-0.05, 0) is 25.0 Å². The number of carbonyl (C=O) groups excluding carboxylic acids is 3. The molecule has 0 aliphatic rings. The molecule has 0 fully saturated rings. The third-order valence-electron chi connectivity index (χ3n) is 5.22. The highest BCUT2D eigenvalue weighted by molar-refractivity contribution is 5.93. The van der Waals surface area contributed by atoms with Crippen molar-refractivity contribution in [3.8, 4) is 0 Å². The number of nitrogens with zero attached hydrogens (tertiary/aromatic N) is 1. The highest BCUT2D eigenvalue weighted by atomic mass is 16.5. The predicted molar refractivity (Wildman–Crippen MR) is 126 cm³/mol. The van der Waals surface area contributed by atoms with Crippen LogP contribution in [-0.2, 0) is 16.1 Å². The van der Waals surface area contributed by atoms with E-state index in [1.54, 1.807) is 12.2 Å². The van der Waals surface area contributed by atoms with Gasteiger partial charge in [-0.25, -0.2) is 9.59 Å². The van der Waals surface area contributed by atoms with Crippen LogP contribution in [0.1, 0.15) is 25.0 Å². The monoisotopic (exact) mass is 453 g/mol. The highest BCUT2D eigenvalue weighted by Crippen LogP contribution is 2.21. The van der Waals surface area contributed by atoms with Crippen molar-refractivity contribution in [1.82, 2.24) is 15.5 Å². The summed E-state index contributed by atoms with van der Waals surface area (Å²) in [4.78, 5) is 39.3. The summed E-state index contributed by atoms with van der Waals surface area (Å²) in [6.45, 7) is 2.66. The van der Waals surface area contributed by atoms with E-state index in [1.165, 1.54) is 32.8 Å². The third-order valence-corrected chi connectivity index (χ3v) is 5.22. The van der Waals surface area contributed by atoms with Crippen molar-refractivity contribution < 1.29 is 24.2 Å². The Hall–Kier alpha value is -3.65. The minimum absolute atomic E-state index is 0.0214. The summed E-state index contributed by atoms with van der Waals surface area (Å²) in [5, 5.41) is 15.9. The van der Waals surface area contributed by atoms with Gasteiger partial charge in [-0.3, -0.25) is 4.79 Å². The summed E-state index contributed by atoms with van der Waals surface area (Å²) in [6, 6.07) is 16.7. The molecular weight excluding hydrogens is 422 g/mol. The smallest absolute Gasteiger partial charge is 0.408 e. The number of aliphatic hydroxyl groups excluding tert-OH is 1. The van der Waals surface area contributed by atoms with E-state index in [0.717, 1.165) is 11.1 Å². The van der Waals surface area contributed by atoms with Gasteiger partial charge in [0.15, 0.2) is 5.78 Å². The standard InChI is InChI=1S/C25H31N3O5/c1-18(29)25(19(2)30,27-23(31)28(3)4)22(16-15-20-11-7-5-8-12-20)26-24(32)33-17-21-13-9-6-10-14-21/h5-16,18,22,29H,17H2,1-4H3,(H,26,32)(H,27,31)/b16-15+/t18-,22+,25+/m0/s1. The number of ether oxygens (including phenoxy) is 1. The number of Topliss-reactive ketones (excluding diaryl/α,β-unsaturated/α-hetero) is 1. The van der Waals surface area contributed by atoms with Gasteiger partial charge in [0.2, 0.25) is 0 Å². The molecule has 0 bridgehead atoms. The van der Waals surface area contributed by atoms with Crippen LogP contribution in [0.2, 0.25) is 0 Å². The molecule has 3 N–H and O–H groups in total. The molecule has 176 valence electrons. The average Bonchev–Trinajstić information content (AvgIpc) is 2.79. The molecule has 8 heteroatoms. The highest BCUT2D eigenvalue weighted by Gasteiger charge is 2.49. The molecule has 33 heavy (non-hydrogen) atoms. The van der Waals surface area contributed by atoms with Gasteiger partial charge in [-0.15, -0.1) is 0 Å². The SMILES string of the molecule is CC(=O)[C@](NC(=O)N(C)C)([C@H](C)O)[C@@H](/C=C/c1ccccc1)NC(=O)OCc1ccccc1. The molecule has 0 aromatic heterocycles. The molecule has 0 heterocycles. The van der Waals surface area contributed by atoms with E-state index in [4.69, 9.17) is 4.74 Å². The maximum Gasteiger partial charge on any atom is 0.408 e. The molecule has 0 saturated heterocycles. The third kappa shape index (κ3) is 6.92. The van der Waals surface area contributed by atoms with Crippen LogP contribution in [0.25, 0.3) is 6.08 Å². The molecule has 0 aliphatic carbocycles. The van der Waals surface area contributed by atoms with Gasteiger partial charge < -0.3 is 25.4 Å². The van der Waals surface area contributed by atoms with E-state index in [9.17, 15) is 19.5 Å². The van der Waals surface area contributed by atoms with E-state index in [1.807, 2.05) is 60.7 Å².